The van der Waals surface area contributed by atoms with Crippen LogP contribution in [0.1, 0.15) is 36.8 Å². The first-order valence-electron chi connectivity index (χ1n) is 9.59. The summed E-state index contributed by atoms with van der Waals surface area (Å²) in [6.45, 7) is 0.335. The number of rotatable bonds is 4. The Morgan fingerprint density at radius 1 is 1.15 bits per heavy atom. The molecule has 2 aromatic rings. The zero-order valence-electron chi connectivity index (χ0n) is 15.6. The lowest BCUT2D eigenvalue weighted by atomic mass is 9.83. The third-order valence-electron chi connectivity index (χ3n) is 5.49. The van der Waals surface area contributed by atoms with E-state index in [1.165, 1.54) is 22.5 Å². The Bertz CT molecular complexity index is 833. The minimum Gasteiger partial charge on any atom is -0.445 e. The molecule has 0 spiro atoms. The molecule has 2 heterocycles. The van der Waals surface area contributed by atoms with Crippen molar-refractivity contribution in [1.82, 2.24) is 4.90 Å². The van der Waals surface area contributed by atoms with Crippen molar-refractivity contribution in [1.29, 1.82) is 0 Å². The minimum atomic E-state index is -0.179. The first kappa shape index (κ1) is 18.2. The third-order valence-corrected chi connectivity index (χ3v) is 6.22. The summed E-state index contributed by atoms with van der Waals surface area (Å²) >= 11 is 1.77. The summed E-state index contributed by atoms with van der Waals surface area (Å²) in [4.78, 5) is 16.1. The van der Waals surface area contributed by atoms with Crippen LogP contribution in [0, 0.1) is 0 Å². The van der Waals surface area contributed by atoms with Gasteiger partial charge in [-0.25, -0.2) is 4.79 Å². The molecule has 0 aliphatic carbocycles. The van der Waals surface area contributed by atoms with Crippen molar-refractivity contribution in [3.05, 3.63) is 71.8 Å². The number of hydrogen-bond donors (Lipinski definition) is 0. The molecule has 0 N–H and O–H groups in total. The second-order valence-corrected chi connectivity index (χ2v) is 8.11. The summed E-state index contributed by atoms with van der Waals surface area (Å²) in [6, 6.07) is 19.0. The molecule has 2 aliphatic heterocycles. The Balaban J connectivity index is 1.50. The highest BCUT2D eigenvalue weighted by Crippen LogP contribution is 2.38. The molecule has 0 aromatic heterocycles. The van der Waals surface area contributed by atoms with Gasteiger partial charge in [0, 0.05) is 10.9 Å². The van der Waals surface area contributed by atoms with Crippen LogP contribution in [0.3, 0.4) is 0 Å². The number of ether oxygens (including phenoxy) is 1. The maximum absolute atomic E-state index is 12.8. The highest BCUT2D eigenvalue weighted by Gasteiger charge is 2.38. The molecule has 1 saturated heterocycles. The molecule has 2 aromatic carbocycles. The molecule has 1 fully saturated rings. The Morgan fingerprint density at radius 2 is 2.00 bits per heavy atom. The van der Waals surface area contributed by atoms with Gasteiger partial charge in [0.2, 0.25) is 0 Å². The Morgan fingerprint density at radius 3 is 2.78 bits per heavy atom. The second-order valence-electron chi connectivity index (χ2n) is 7.23. The SMILES string of the molecule is CSc1cccc(C2=CC3CCCC(C2)N3C(=O)OCc2ccccc2)c1. The standard InChI is InChI=1S/C23H25NO2S/c1-27-22-12-5-9-18(15-22)19-13-20-10-6-11-21(14-19)24(20)23(25)26-16-17-7-3-2-4-8-17/h2-5,7-9,12-13,15,20-21H,6,10-11,14,16H2,1H3. The van der Waals surface area contributed by atoms with Crippen molar-refractivity contribution < 1.29 is 9.53 Å². The van der Waals surface area contributed by atoms with Gasteiger partial charge in [0.1, 0.15) is 6.61 Å². The fraction of sp³-hybridized carbons (Fsp3) is 0.348. The highest BCUT2D eigenvalue weighted by molar-refractivity contribution is 7.98. The van der Waals surface area contributed by atoms with E-state index in [9.17, 15) is 4.79 Å². The third kappa shape index (κ3) is 4.06. The summed E-state index contributed by atoms with van der Waals surface area (Å²) in [5.41, 5.74) is 3.68. The van der Waals surface area contributed by atoms with E-state index in [4.69, 9.17) is 4.74 Å². The highest BCUT2D eigenvalue weighted by atomic mass is 32.2. The topological polar surface area (TPSA) is 29.5 Å². The van der Waals surface area contributed by atoms with Crippen molar-refractivity contribution in [2.45, 2.75) is 49.3 Å². The van der Waals surface area contributed by atoms with Gasteiger partial charge in [-0.3, -0.25) is 4.90 Å². The lowest BCUT2D eigenvalue weighted by molar-refractivity contribution is 0.0510. The van der Waals surface area contributed by atoms with Crippen molar-refractivity contribution >= 4 is 23.4 Å². The van der Waals surface area contributed by atoms with Crippen molar-refractivity contribution in [3.8, 4) is 0 Å². The maximum Gasteiger partial charge on any atom is 0.410 e. The van der Waals surface area contributed by atoms with Crippen LogP contribution in [0.15, 0.2) is 65.6 Å². The van der Waals surface area contributed by atoms with E-state index < -0.39 is 0 Å². The molecule has 0 radical (unpaired) electrons. The quantitative estimate of drug-likeness (QED) is 0.633. The second kappa shape index (κ2) is 8.22. The van der Waals surface area contributed by atoms with E-state index in [-0.39, 0.29) is 18.2 Å². The van der Waals surface area contributed by atoms with E-state index >= 15 is 0 Å². The van der Waals surface area contributed by atoms with Crippen LogP contribution in [-0.4, -0.2) is 29.3 Å². The molecule has 2 unspecified atom stereocenters. The lowest BCUT2D eigenvalue weighted by Gasteiger charge is -2.44. The molecule has 27 heavy (non-hydrogen) atoms. The monoisotopic (exact) mass is 379 g/mol. The number of fused-ring (bicyclic) bond motifs is 2. The summed E-state index contributed by atoms with van der Waals surface area (Å²) < 4.78 is 5.64. The van der Waals surface area contributed by atoms with Crippen molar-refractivity contribution in [2.75, 3.05) is 6.26 Å². The van der Waals surface area contributed by atoms with Crippen LogP contribution >= 0.6 is 11.8 Å². The van der Waals surface area contributed by atoms with Crippen molar-refractivity contribution in [2.24, 2.45) is 0 Å². The van der Waals surface area contributed by atoms with Crippen LogP contribution in [0.5, 0.6) is 0 Å². The lowest BCUT2D eigenvalue weighted by Crippen LogP contribution is -2.51. The molecule has 2 aliphatic rings. The van der Waals surface area contributed by atoms with E-state index in [1.807, 2.05) is 35.2 Å². The molecule has 2 bridgehead atoms. The molecule has 1 amide bonds. The van der Waals surface area contributed by atoms with E-state index in [0.29, 0.717) is 6.61 Å². The van der Waals surface area contributed by atoms with Crippen LogP contribution in [-0.2, 0) is 11.3 Å². The number of carbonyl (C=O) groups excluding carboxylic acids is 1. The van der Waals surface area contributed by atoms with Gasteiger partial charge in [-0.1, -0.05) is 48.5 Å². The molecular formula is C23H25NO2S. The molecule has 3 nitrogen and oxygen atoms in total. The average molecular weight is 380 g/mol. The molecule has 4 rings (SSSR count). The fourth-order valence-corrected chi connectivity index (χ4v) is 4.60. The zero-order chi connectivity index (χ0) is 18.6. The Labute approximate surface area is 165 Å². The van der Waals surface area contributed by atoms with E-state index in [0.717, 1.165) is 24.8 Å². The molecule has 140 valence electrons. The first-order valence-corrected chi connectivity index (χ1v) is 10.8. The maximum atomic E-state index is 12.8. The van der Waals surface area contributed by atoms with Gasteiger partial charge >= 0.3 is 6.09 Å². The van der Waals surface area contributed by atoms with Crippen LogP contribution in [0.4, 0.5) is 4.79 Å². The number of hydrogen-bond acceptors (Lipinski definition) is 3. The first-order chi connectivity index (χ1) is 13.2. The number of benzene rings is 2. The number of thioether (sulfide) groups is 1. The van der Waals surface area contributed by atoms with Crippen molar-refractivity contribution in [3.63, 3.8) is 0 Å². The predicted octanol–water partition coefficient (Wildman–Crippen LogP) is 5.76. The molecule has 2 atom stereocenters. The average Bonchev–Trinajstić information content (AvgIpc) is 2.72. The molecule has 4 heteroatoms. The normalized spacial score (nSPS) is 21.5. The summed E-state index contributed by atoms with van der Waals surface area (Å²) in [6.07, 6.45) is 8.37. The van der Waals surface area contributed by atoms with Gasteiger partial charge in [0.15, 0.2) is 0 Å². The van der Waals surface area contributed by atoms with Gasteiger partial charge in [0.05, 0.1) is 6.04 Å². The smallest absolute Gasteiger partial charge is 0.410 e. The minimum absolute atomic E-state index is 0.147. The Hall–Kier alpha value is -2.20. The van der Waals surface area contributed by atoms with Crippen LogP contribution in [0.2, 0.25) is 0 Å². The number of carbonyl (C=O) groups is 1. The predicted molar refractivity (Wildman–Crippen MR) is 111 cm³/mol. The van der Waals surface area contributed by atoms with Crippen LogP contribution < -0.4 is 0 Å². The number of amides is 1. The number of piperidine rings is 1. The Kier molecular flexibility index (Phi) is 5.53. The van der Waals surface area contributed by atoms with Gasteiger partial charge in [0.25, 0.3) is 0 Å². The fourth-order valence-electron chi connectivity index (χ4n) is 4.14. The van der Waals surface area contributed by atoms with E-state index in [2.05, 4.69) is 36.6 Å². The largest absolute Gasteiger partial charge is 0.445 e. The van der Waals surface area contributed by atoms with Gasteiger partial charge in [-0.2, -0.15) is 0 Å². The van der Waals surface area contributed by atoms with Gasteiger partial charge < -0.3 is 4.74 Å². The molecular weight excluding hydrogens is 354 g/mol. The zero-order valence-corrected chi connectivity index (χ0v) is 16.5. The summed E-state index contributed by atoms with van der Waals surface area (Å²) in [7, 11) is 0. The summed E-state index contributed by atoms with van der Waals surface area (Å²) in [5.74, 6) is 0. The summed E-state index contributed by atoms with van der Waals surface area (Å²) in [5, 5.41) is 0. The van der Waals surface area contributed by atoms with Crippen LogP contribution in [0.25, 0.3) is 5.57 Å². The molecule has 0 saturated carbocycles. The van der Waals surface area contributed by atoms with E-state index in [1.54, 1.807) is 11.8 Å². The number of nitrogens with zero attached hydrogens (tertiary/aromatic N) is 1. The van der Waals surface area contributed by atoms with Gasteiger partial charge in [-0.05, 0) is 60.8 Å². The van der Waals surface area contributed by atoms with Gasteiger partial charge in [-0.15, -0.1) is 11.8 Å².